The van der Waals surface area contributed by atoms with Crippen LogP contribution in [0.2, 0.25) is 0 Å². The van der Waals surface area contributed by atoms with Gasteiger partial charge in [-0.15, -0.1) is 0 Å². The third-order valence-corrected chi connectivity index (χ3v) is 4.33. The average molecular weight is 330 g/mol. The lowest BCUT2D eigenvalue weighted by atomic mass is 9.98. The van der Waals surface area contributed by atoms with Gasteiger partial charge in [0.05, 0.1) is 0 Å². The van der Waals surface area contributed by atoms with Gasteiger partial charge in [-0.2, -0.15) is 0 Å². The van der Waals surface area contributed by atoms with Crippen molar-refractivity contribution in [3.63, 3.8) is 0 Å². The molecule has 1 amide bonds. The van der Waals surface area contributed by atoms with E-state index in [1.807, 2.05) is 60.8 Å². The van der Waals surface area contributed by atoms with Crippen LogP contribution in [0.1, 0.15) is 17.5 Å². The van der Waals surface area contributed by atoms with Gasteiger partial charge in [0.2, 0.25) is 5.91 Å². The Labute approximate surface area is 146 Å². The third kappa shape index (κ3) is 3.38. The van der Waals surface area contributed by atoms with Crippen molar-refractivity contribution in [3.8, 4) is 16.9 Å². The Bertz CT molecular complexity index is 907. The highest BCUT2D eigenvalue weighted by Gasteiger charge is 2.17. The summed E-state index contributed by atoms with van der Waals surface area (Å²) < 4.78 is 5.81. The van der Waals surface area contributed by atoms with Crippen molar-refractivity contribution < 1.29 is 9.53 Å². The smallest absolute Gasteiger partial charge is 0.224 e. The van der Waals surface area contributed by atoms with Crippen LogP contribution in [0.5, 0.6) is 5.75 Å². The molecule has 2 heterocycles. The number of aromatic nitrogens is 1. The Kier molecular flexibility index (Phi) is 4.17. The second-order valence-corrected chi connectivity index (χ2v) is 6.07. The fourth-order valence-corrected chi connectivity index (χ4v) is 3.03. The molecule has 0 radical (unpaired) electrons. The summed E-state index contributed by atoms with van der Waals surface area (Å²) in [6.07, 6.45) is 4.80. The first-order chi connectivity index (χ1) is 12.3. The van der Waals surface area contributed by atoms with E-state index in [-0.39, 0.29) is 5.91 Å². The van der Waals surface area contributed by atoms with E-state index in [0.717, 1.165) is 40.1 Å². The molecule has 0 aliphatic carbocycles. The molecule has 2 aromatic carbocycles. The molecule has 124 valence electrons. The molecular weight excluding hydrogens is 312 g/mol. The van der Waals surface area contributed by atoms with Gasteiger partial charge in [0, 0.05) is 41.7 Å². The number of benzene rings is 2. The van der Waals surface area contributed by atoms with Crippen LogP contribution in [-0.2, 0) is 17.8 Å². The molecule has 4 heteroatoms. The summed E-state index contributed by atoms with van der Waals surface area (Å²) in [4.78, 5) is 16.3. The summed E-state index contributed by atoms with van der Waals surface area (Å²) in [5, 5.41) is 2.95. The van der Waals surface area contributed by atoms with Gasteiger partial charge in [-0.1, -0.05) is 30.3 Å². The summed E-state index contributed by atoms with van der Waals surface area (Å²) >= 11 is 0. The van der Waals surface area contributed by atoms with Crippen molar-refractivity contribution in [2.75, 3.05) is 5.32 Å². The molecule has 3 aromatic rings. The number of hydrogen-bond donors (Lipinski definition) is 1. The van der Waals surface area contributed by atoms with Crippen LogP contribution in [0.4, 0.5) is 5.69 Å². The number of anilines is 1. The van der Waals surface area contributed by atoms with Crippen LogP contribution in [0, 0.1) is 0 Å². The number of nitrogens with one attached hydrogen (secondary N) is 1. The number of amides is 1. The monoisotopic (exact) mass is 330 g/mol. The van der Waals surface area contributed by atoms with E-state index < -0.39 is 0 Å². The molecule has 1 aliphatic rings. The van der Waals surface area contributed by atoms with Crippen molar-refractivity contribution in [2.24, 2.45) is 0 Å². The number of fused-ring (bicyclic) bond motifs is 3. The number of rotatable bonds is 4. The fraction of sp³-hybridized carbons (Fsp3) is 0.143. The molecule has 4 nitrogen and oxygen atoms in total. The summed E-state index contributed by atoms with van der Waals surface area (Å²) in [5.41, 5.74) is 5.17. The van der Waals surface area contributed by atoms with Crippen molar-refractivity contribution >= 4 is 11.6 Å². The van der Waals surface area contributed by atoms with Crippen molar-refractivity contribution in [1.29, 1.82) is 0 Å². The van der Waals surface area contributed by atoms with Gasteiger partial charge in [0.15, 0.2) is 0 Å². The second-order valence-electron chi connectivity index (χ2n) is 6.07. The van der Waals surface area contributed by atoms with Gasteiger partial charge in [-0.3, -0.25) is 9.78 Å². The normalized spacial score (nSPS) is 11.8. The van der Waals surface area contributed by atoms with Crippen LogP contribution >= 0.6 is 0 Å². The highest BCUT2D eigenvalue weighted by Crippen LogP contribution is 2.38. The van der Waals surface area contributed by atoms with E-state index in [1.165, 1.54) is 0 Å². The first-order valence-corrected chi connectivity index (χ1v) is 8.33. The lowest BCUT2D eigenvalue weighted by Gasteiger charge is -2.21. The van der Waals surface area contributed by atoms with Gasteiger partial charge in [-0.05, 0) is 35.7 Å². The summed E-state index contributed by atoms with van der Waals surface area (Å²) in [7, 11) is 0. The average Bonchev–Trinajstić information content (AvgIpc) is 2.67. The SMILES string of the molecule is O=C(CCc1ccccc1)Nc1ccc2c(c1)OCc1cnccc1-2. The Hall–Kier alpha value is -3.14. The molecule has 0 spiro atoms. The largest absolute Gasteiger partial charge is 0.488 e. The van der Waals surface area contributed by atoms with E-state index in [2.05, 4.69) is 10.3 Å². The fourth-order valence-electron chi connectivity index (χ4n) is 3.03. The van der Waals surface area contributed by atoms with E-state index in [1.54, 1.807) is 6.20 Å². The molecule has 1 aliphatic heterocycles. The van der Waals surface area contributed by atoms with Crippen LogP contribution in [0.3, 0.4) is 0 Å². The number of ether oxygens (including phenoxy) is 1. The molecule has 1 aromatic heterocycles. The number of carbonyl (C=O) groups excluding carboxylic acids is 1. The predicted octanol–water partition coefficient (Wildman–Crippen LogP) is 4.21. The predicted molar refractivity (Wildman–Crippen MR) is 97.4 cm³/mol. The molecule has 0 saturated carbocycles. The number of nitrogens with zero attached hydrogens (tertiary/aromatic N) is 1. The van der Waals surface area contributed by atoms with Gasteiger partial charge >= 0.3 is 0 Å². The molecule has 0 fully saturated rings. The third-order valence-electron chi connectivity index (χ3n) is 4.33. The zero-order valence-corrected chi connectivity index (χ0v) is 13.7. The minimum Gasteiger partial charge on any atom is -0.488 e. The zero-order chi connectivity index (χ0) is 17.1. The topological polar surface area (TPSA) is 51.2 Å². The molecule has 0 atom stereocenters. The van der Waals surface area contributed by atoms with Gasteiger partial charge in [0.1, 0.15) is 12.4 Å². The molecule has 0 saturated heterocycles. The lowest BCUT2D eigenvalue weighted by Crippen LogP contribution is -2.13. The van der Waals surface area contributed by atoms with Gasteiger partial charge in [0.25, 0.3) is 0 Å². The van der Waals surface area contributed by atoms with E-state index >= 15 is 0 Å². The van der Waals surface area contributed by atoms with E-state index in [9.17, 15) is 4.79 Å². The summed E-state index contributed by atoms with van der Waals surface area (Å²) in [5.74, 6) is 0.795. The number of pyridine rings is 1. The van der Waals surface area contributed by atoms with Crippen molar-refractivity contribution in [1.82, 2.24) is 4.98 Å². The van der Waals surface area contributed by atoms with Crippen LogP contribution in [-0.4, -0.2) is 10.9 Å². The summed E-state index contributed by atoms with van der Waals surface area (Å²) in [6, 6.07) is 17.8. The van der Waals surface area contributed by atoms with Crippen molar-refractivity contribution in [2.45, 2.75) is 19.4 Å². The minimum atomic E-state index is 0.00390. The quantitative estimate of drug-likeness (QED) is 0.779. The number of aryl methyl sites for hydroxylation is 1. The number of hydrogen-bond acceptors (Lipinski definition) is 3. The maximum absolute atomic E-state index is 12.2. The maximum Gasteiger partial charge on any atom is 0.224 e. The zero-order valence-electron chi connectivity index (χ0n) is 13.7. The Morgan fingerprint density at radius 2 is 1.96 bits per heavy atom. The minimum absolute atomic E-state index is 0.00390. The molecule has 1 N–H and O–H groups in total. The lowest BCUT2D eigenvalue weighted by molar-refractivity contribution is -0.116. The van der Waals surface area contributed by atoms with Crippen LogP contribution < -0.4 is 10.1 Å². The van der Waals surface area contributed by atoms with Crippen LogP contribution in [0.25, 0.3) is 11.1 Å². The molecule has 0 unspecified atom stereocenters. The Morgan fingerprint density at radius 1 is 1.08 bits per heavy atom. The molecule has 0 bridgehead atoms. The van der Waals surface area contributed by atoms with Gasteiger partial charge < -0.3 is 10.1 Å². The first kappa shape index (κ1) is 15.4. The second kappa shape index (κ2) is 6.77. The van der Waals surface area contributed by atoms with Crippen molar-refractivity contribution in [3.05, 3.63) is 78.1 Å². The van der Waals surface area contributed by atoms with Gasteiger partial charge in [-0.25, -0.2) is 0 Å². The molecule has 4 rings (SSSR count). The highest BCUT2D eigenvalue weighted by molar-refractivity contribution is 5.92. The maximum atomic E-state index is 12.2. The van der Waals surface area contributed by atoms with Crippen LogP contribution in [0.15, 0.2) is 67.0 Å². The number of carbonyl (C=O) groups is 1. The Morgan fingerprint density at radius 3 is 2.84 bits per heavy atom. The highest BCUT2D eigenvalue weighted by atomic mass is 16.5. The standard InChI is InChI=1S/C21H18N2O2/c24-21(9-6-15-4-2-1-3-5-15)23-17-7-8-19-18-10-11-22-13-16(18)14-25-20(19)12-17/h1-5,7-8,10-13H,6,9,14H2,(H,23,24). The van der Waals surface area contributed by atoms with E-state index in [4.69, 9.17) is 4.74 Å². The molecular formula is C21H18N2O2. The van der Waals surface area contributed by atoms with E-state index in [0.29, 0.717) is 13.0 Å². The Balaban J connectivity index is 1.45. The first-order valence-electron chi connectivity index (χ1n) is 8.33. The summed E-state index contributed by atoms with van der Waals surface area (Å²) in [6.45, 7) is 0.502. The molecule has 25 heavy (non-hydrogen) atoms.